The Balaban J connectivity index is 1.56. The molecular weight excluding hydrogens is 435 g/mol. The Morgan fingerprint density at radius 3 is 2.69 bits per heavy atom. The summed E-state index contributed by atoms with van der Waals surface area (Å²) in [5.41, 5.74) is 1.49. The minimum atomic E-state index is -1.10. The van der Waals surface area contributed by atoms with Crippen LogP contribution in [0.5, 0.6) is 5.88 Å². The minimum absolute atomic E-state index is 0.145. The van der Waals surface area contributed by atoms with Gasteiger partial charge in [0.05, 0.1) is 24.1 Å². The quantitative estimate of drug-likeness (QED) is 0.502. The van der Waals surface area contributed by atoms with E-state index in [1.807, 2.05) is 25.1 Å². The van der Waals surface area contributed by atoms with Crippen molar-refractivity contribution in [3.63, 3.8) is 0 Å². The van der Waals surface area contributed by atoms with Crippen molar-refractivity contribution in [2.45, 2.75) is 38.2 Å². The van der Waals surface area contributed by atoms with Crippen LogP contribution in [0, 0.1) is 18.7 Å². The average molecular weight is 459 g/mol. The van der Waals surface area contributed by atoms with E-state index in [1.54, 1.807) is 6.20 Å². The molecular formula is C22H23FN4O4S. The van der Waals surface area contributed by atoms with E-state index in [4.69, 9.17) is 4.74 Å². The summed E-state index contributed by atoms with van der Waals surface area (Å²) in [5.74, 6) is -1.81. The van der Waals surface area contributed by atoms with Crippen molar-refractivity contribution in [1.29, 1.82) is 0 Å². The summed E-state index contributed by atoms with van der Waals surface area (Å²) in [7, 11) is 1.34. The predicted molar refractivity (Wildman–Crippen MR) is 118 cm³/mol. The second-order valence-electron chi connectivity index (χ2n) is 7.94. The first-order valence-electron chi connectivity index (χ1n) is 10.1. The molecule has 1 fully saturated rings. The average Bonchev–Trinajstić information content (AvgIpc) is 3.26. The third kappa shape index (κ3) is 4.56. The van der Waals surface area contributed by atoms with Crippen molar-refractivity contribution in [2.75, 3.05) is 12.4 Å². The van der Waals surface area contributed by atoms with Crippen molar-refractivity contribution in [3.8, 4) is 16.3 Å². The van der Waals surface area contributed by atoms with Crippen LogP contribution in [0.4, 0.5) is 16.0 Å². The molecule has 0 unspecified atom stereocenters. The van der Waals surface area contributed by atoms with E-state index in [-0.39, 0.29) is 11.8 Å². The van der Waals surface area contributed by atoms with Gasteiger partial charge in [-0.15, -0.1) is 11.3 Å². The third-order valence-electron chi connectivity index (χ3n) is 5.59. The van der Waals surface area contributed by atoms with Gasteiger partial charge in [0.25, 0.3) is 5.88 Å². The van der Waals surface area contributed by atoms with Gasteiger partial charge in [0, 0.05) is 11.9 Å². The predicted octanol–water partition coefficient (Wildman–Crippen LogP) is 4.26. The number of carboxylic acids is 1. The number of carbonyl (C=O) groups is 1. The van der Waals surface area contributed by atoms with Crippen molar-refractivity contribution in [2.24, 2.45) is 5.92 Å². The van der Waals surface area contributed by atoms with E-state index in [2.05, 4.69) is 20.3 Å². The van der Waals surface area contributed by atoms with E-state index in [0.29, 0.717) is 36.4 Å². The van der Waals surface area contributed by atoms with Crippen LogP contribution in [0.1, 0.15) is 36.3 Å². The van der Waals surface area contributed by atoms with E-state index in [1.165, 1.54) is 18.4 Å². The number of benzene rings is 1. The standard InChI is InChI=1S/C22H23FN4O4S/c1-12-7-14(9-15(8-12)26-21-25-10-16(23)18(27-21)31-2)17-11-24-20(32-17)22(30)5-3-13(4-6-22)19(28)29/h7-11,13,30H,3-6H2,1-2H3,(H,28,29)(H,25,26,27). The van der Waals surface area contributed by atoms with Crippen LogP contribution in [-0.4, -0.2) is 38.2 Å². The molecule has 0 spiro atoms. The molecule has 8 nitrogen and oxygen atoms in total. The van der Waals surface area contributed by atoms with Crippen LogP contribution in [0.2, 0.25) is 0 Å². The number of aryl methyl sites for hydroxylation is 1. The summed E-state index contributed by atoms with van der Waals surface area (Å²) in [6.07, 6.45) is 4.38. The van der Waals surface area contributed by atoms with Crippen LogP contribution in [0.3, 0.4) is 0 Å². The summed E-state index contributed by atoms with van der Waals surface area (Å²) < 4.78 is 18.5. The highest BCUT2D eigenvalue weighted by molar-refractivity contribution is 7.15. The number of anilines is 2. The van der Waals surface area contributed by atoms with E-state index >= 15 is 0 Å². The molecule has 0 atom stereocenters. The van der Waals surface area contributed by atoms with Crippen LogP contribution in [0.25, 0.3) is 10.4 Å². The number of hydrogen-bond donors (Lipinski definition) is 3. The number of aliphatic carboxylic acids is 1. The molecule has 0 aliphatic heterocycles. The lowest BCUT2D eigenvalue weighted by Crippen LogP contribution is -2.33. The first-order valence-corrected chi connectivity index (χ1v) is 11.0. The normalized spacial score (nSPS) is 20.7. The maximum absolute atomic E-state index is 13.6. The molecule has 168 valence electrons. The van der Waals surface area contributed by atoms with Gasteiger partial charge < -0.3 is 20.3 Å². The molecule has 32 heavy (non-hydrogen) atoms. The summed E-state index contributed by atoms with van der Waals surface area (Å²) in [6.45, 7) is 1.95. The highest BCUT2D eigenvalue weighted by atomic mass is 32.1. The SMILES string of the molecule is COc1nc(Nc2cc(C)cc(-c3cnc(C4(O)CCC(C(=O)O)CC4)s3)c2)ncc1F. The first kappa shape index (κ1) is 22.1. The molecule has 2 heterocycles. The number of thiazole rings is 1. The third-order valence-corrected chi connectivity index (χ3v) is 6.83. The monoisotopic (exact) mass is 458 g/mol. The Kier molecular flexibility index (Phi) is 6.07. The fourth-order valence-electron chi connectivity index (χ4n) is 3.86. The molecule has 3 N–H and O–H groups in total. The number of nitrogens with one attached hydrogen (secondary N) is 1. The van der Waals surface area contributed by atoms with Gasteiger partial charge >= 0.3 is 5.97 Å². The zero-order valence-electron chi connectivity index (χ0n) is 17.6. The van der Waals surface area contributed by atoms with Gasteiger partial charge in [0.1, 0.15) is 10.6 Å². The van der Waals surface area contributed by atoms with Crippen molar-refractivity contribution < 1.29 is 24.1 Å². The first-order chi connectivity index (χ1) is 15.3. The molecule has 1 saturated carbocycles. The number of ether oxygens (including phenoxy) is 1. The number of hydrogen-bond acceptors (Lipinski definition) is 8. The van der Waals surface area contributed by atoms with Crippen LogP contribution in [-0.2, 0) is 10.4 Å². The Labute approximate surface area is 188 Å². The Morgan fingerprint density at radius 2 is 2.00 bits per heavy atom. The lowest BCUT2D eigenvalue weighted by Gasteiger charge is -2.32. The number of aromatic nitrogens is 3. The summed E-state index contributed by atoms with van der Waals surface area (Å²) in [5, 5.41) is 23.9. The molecule has 0 saturated heterocycles. The summed E-state index contributed by atoms with van der Waals surface area (Å²) in [6, 6.07) is 5.81. The zero-order valence-corrected chi connectivity index (χ0v) is 18.4. The number of aliphatic hydroxyl groups is 1. The highest BCUT2D eigenvalue weighted by Gasteiger charge is 2.39. The number of halogens is 1. The molecule has 4 rings (SSSR count). The smallest absolute Gasteiger partial charge is 0.306 e. The van der Waals surface area contributed by atoms with Crippen molar-refractivity contribution in [1.82, 2.24) is 15.0 Å². The Hall–Kier alpha value is -3.11. The second kappa shape index (κ2) is 8.79. The number of methoxy groups -OCH3 is 1. The second-order valence-corrected chi connectivity index (χ2v) is 8.97. The molecule has 2 aromatic heterocycles. The maximum atomic E-state index is 13.6. The van der Waals surface area contributed by atoms with Crippen LogP contribution < -0.4 is 10.1 Å². The van der Waals surface area contributed by atoms with Crippen molar-refractivity contribution in [3.05, 3.63) is 47.0 Å². The fraction of sp³-hybridized carbons (Fsp3) is 0.364. The number of carboxylic acid groups (broad SMARTS) is 1. The number of rotatable bonds is 6. The highest BCUT2D eigenvalue weighted by Crippen LogP contribution is 2.43. The van der Waals surface area contributed by atoms with Gasteiger partial charge in [-0.1, -0.05) is 6.07 Å². The summed E-state index contributed by atoms with van der Waals surface area (Å²) >= 11 is 1.40. The van der Waals surface area contributed by atoms with Gasteiger partial charge in [0.2, 0.25) is 11.8 Å². The zero-order chi connectivity index (χ0) is 22.9. The summed E-state index contributed by atoms with van der Waals surface area (Å²) in [4.78, 5) is 24.5. The van der Waals surface area contributed by atoms with E-state index in [9.17, 15) is 19.4 Å². The molecule has 10 heteroatoms. The molecule has 0 radical (unpaired) electrons. The molecule has 0 amide bonds. The molecule has 1 aliphatic carbocycles. The Morgan fingerprint density at radius 1 is 1.25 bits per heavy atom. The topological polar surface area (TPSA) is 117 Å². The van der Waals surface area contributed by atoms with E-state index in [0.717, 1.165) is 22.2 Å². The van der Waals surface area contributed by atoms with Gasteiger partial charge in [-0.25, -0.2) is 9.97 Å². The van der Waals surface area contributed by atoms with Gasteiger partial charge in [-0.05, 0) is 55.9 Å². The molecule has 0 bridgehead atoms. The maximum Gasteiger partial charge on any atom is 0.306 e. The van der Waals surface area contributed by atoms with Gasteiger partial charge in [0.15, 0.2) is 0 Å². The largest absolute Gasteiger partial charge is 0.481 e. The molecule has 1 aromatic carbocycles. The van der Waals surface area contributed by atoms with Crippen LogP contribution in [0.15, 0.2) is 30.6 Å². The Bertz CT molecular complexity index is 1140. The van der Waals surface area contributed by atoms with Gasteiger partial charge in [-0.3, -0.25) is 4.79 Å². The number of nitrogens with zero attached hydrogens (tertiary/aromatic N) is 3. The fourth-order valence-corrected chi connectivity index (χ4v) is 4.91. The van der Waals surface area contributed by atoms with E-state index < -0.39 is 23.3 Å². The van der Waals surface area contributed by atoms with Crippen LogP contribution >= 0.6 is 11.3 Å². The minimum Gasteiger partial charge on any atom is -0.481 e. The van der Waals surface area contributed by atoms with Gasteiger partial charge in [-0.2, -0.15) is 9.37 Å². The lowest BCUT2D eigenvalue weighted by molar-refractivity contribution is -0.145. The molecule has 1 aliphatic rings. The lowest BCUT2D eigenvalue weighted by atomic mass is 9.79. The van der Waals surface area contributed by atoms with Crippen molar-refractivity contribution >= 4 is 28.9 Å². The molecule has 3 aromatic rings.